The lowest BCUT2D eigenvalue weighted by Crippen LogP contribution is -2.45. The Labute approximate surface area is 71.0 Å². The largest absolute Gasteiger partial charge is 0.373 e. The smallest absolute Gasteiger partial charge is 0.107 e. The first-order chi connectivity index (χ1) is 4.86. The van der Waals surface area contributed by atoms with Crippen LogP contribution in [-0.2, 0) is 14.2 Å². The second-order valence-electron chi connectivity index (χ2n) is 2.87. The van der Waals surface area contributed by atoms with Crippen LogP contribution in [0, 0.1) is 0 Å². The molecule has 0 aromatic carbocycles. The molecule has 0 amide bonds. The molecule has 3 nitrogen and oxygen atoms in total. The van der Waals surface area contributed by atoms with Crippen molar-refractivity contribution >= 4 is 11.0 Å². The summed E-state index contributed by atoms with van der Waals surface area (Å²) in [5.74, 6) is 0. The number of epoxide rings is 1. The third-order valence-corrected chi connectivity index (χ3v) is 1.95. The van der Waals surface area contributed by atoms with Crippen molar-refractivity contribution in [2.75, 3.05) is 19.8 Å². The van der Waals surface area contributed by atoms with Crippen molar-refractivity contribution in [2.45, 2.75) is 25.2 Å². The number of hydrogen-bond donors (Lipinski definition) is 0. The third kappa shape index (κ3) is 2.26. The first kappa shape index (κ1) is 9.19. The van der Waals surface area contributed by atoms with Crippen LogP contribution in [0.4, 0.5) is 0 Å². The quantitative estimate of drug-likeness (QED) is 0.397. The zero-order valence-electron chi connectivity index (χ0n) is 6.08. The first-order valence-electron chi connectivity index (χ1n) is 3.71. The Balaban J connectivity index is 0.000000605. The molecule has 0 spiro atoms. The molecule has 2 aliphatic rings. The van der Waals surface area contributed by atoms with Crippen molar-refractivity contribution in [3.05, 3.63) is 0 Å². The van der Waals surface area contributed by atoms with Gasteiger partial charge in [-0.05, 0) is 17.9 Å². The van der Waals surface area contributed by atoms with E-state index in [1.54, 1.807) is 0 Å². The van der Waals surface area contributed by atoms with E-state index in [0.29, 0.717) is 18.3 Å². The summed E-state index contributed by atoms with van der Waals surface area (Å²) in [6.07, 6.45) is 0.996. The molecule has 2 rings (SSSR count). The molecular formula is C7H16O3Si. The Morgan fingerprint density at radius 1 is 1.36 bits per heavy atom. The maximum Gasteiger partial charge on any atom is 0.107 e. The topological polar surface area (TPSA) is 31.0 Å². The van der Waals surface area contributed by atoms with Gasteiger partial charge in [0.2, 0.25) is 0 Å². The monoisotopic (exact) mass is 176 g/mol. The van der Waals surface area contributed by atoms with Crippen LogP contribution in [0.5, 0.6) is 0 Å². The molecule has 0 saturated carbocycles. The fraction of sp³-hybridized carbons (Fsp3) is 1.00. The van der Waals surface area contributed by atoms with Gasteiger partial charge in [0.25, 0.3) is 0 Å². The molecule has 3 atom stereocenters. The van der Waals surface area contributed by atoms with Crippen molar-refractivity contribution in [1.82, 2.24) is 0 Å². The lowest BCUT2D eigenvalue weighted by molar-refractivity contribution is -0.180. The summed E-state index contributed by atoms with van der Waals surface area (Å²) in [4.78, 5) is 0. The van der Waals surface area contributed by atoms with E-state index < -0.39 is 0 Å². The van der Waals surface area contributed by atoms with Crippen molar-refractivity contribution < 1.29 is 14.2 Å². The Kier molecular flexibility index (Phi) is 3.06. The minimum atomic E-state index is 0. The highest BCUT2D eigenvalue weighted by Crippen LogP contribution is 2.18. The maximum absolute atomic E-state index is 5.46. The number of ether oxygens (including phenoxy) is 3. The van der Waals surface area contributed by atoms with Crippen molar-refractivity contribution in [1.29, 1.82) is 0 Å². The van der Waals surface area contributed by atoms with Gasteiger partial charge in [-0.15, -0.1) is 0 Å². The van der Waals surface area contributed by atoms with Gasteiger partial charge in [0.05, 0.1) is 25.9 Å². The highest BCUT2D eigenvalue weighted by molar-refractivity contribution is 5.75. The van der Waals surface area contributed by atoms with Gasteiger partial charge in [-0.3, -0.25) is 0 Å². The summed E-state index contributed by atoms with van der Waals surface area (Å²) < 4.78 is 15.6. The lowest BCUT2D eigenvalue weighted by atomic mass is 10.2. The number of hydrogen-bond acceptors (Lipinski definition) is 3. The summed E-state index contributed by atoms with van der Waals surface area (Å²) in [7, 11) is 0. The summed E-state index contributed by atoms with van der Waals surface area (Å²) in [5, 5.41) is 0. The first-order valence-corrected chi connectivity index (χ1v) is 3.71. The van der Waals surface area contributed by atoms with E-state index in [1.165, 1.54) is 0 Å². The minimum absolute atomic E-state index is 0. The molecule has 0 radical (unpaired) electrons. The highest BCUT2D eigenvalue weighted by Gasteiger charge is 2.31. The van der Waals surface area contributed by atoms with Gasteiger partial charge >= 0.3 is 0 Å². The SMILES string of the molecule is CC1OCC1OCC1CO1.[SiH4]. The predicted molar refractivity (Wildman–Crippen MR) is 46.2 cm³/mol. The molecule has 0 aliphatic carbocycles. The molecule has 2 aliphatic heterocycles. The van der Waals surface area contributed by atoms with Gasteiger partial charge in [-0.2, -0.15) is 0 Å². The highest BCUT2D eigenvalue weighted by atomic mass is 28.1. The van der Waals surface area contributed by atoms with Crippen LogP contribution in [0.15, 0.2) is 0 Å². The predicted octanol–water partition coefficient (Wildman–Crippen LogP) is -1.26. The van der Waals surface area contributed by atoms with Gasteiger partial charge < -0.3 is 14.2 Å². The second kappa shape index (κ2) is 3.67. The fourth-order valence-corrected chi connectivity index (χ4v) is 0.946. The Morgan fingerprint density at radius 2 is 2.09 bits per heavy atom. The standard InChI is InChI=1S/C7H12O3.H4Si/c1-5-7(4-8-5)10-3-6-2-9-6;/h5-7H,2-4H2,1H3;1H4. The van der Waals surface area contributed by atoms with Crippen molar-refractivity contribution in [3.8, 4) is 0 Å². The minimum Gasteiger partial charge on any atom is -0.373 e. The van der Waals surface area contributed by atoms with Crippen LogP contribution < -0.4 is 0 Å². The van der Waals surface area contributed by atoms with Crippen LogP contribution >= 0.6 is 0 Å². The van der Waals surface area contributed by atoms with E-state index >= 15 is 0 Å². The summed E-state index contributed by atoms with van der Waals surface area (Å²) >= 11 is 0. The van der Waals surface area contributed by atoms with Crippen molar-refractivity contribution in [3.63, 3.8) is 0 Å². The van der Waals surface area contributed by atoms with Gasteiger partial charge in [-0.25, -0.2) is 0 Å². The summed E-state index contributed by atoms with van der Waals surface area (Å²) in [6.45, 7) is 4.41. The summed E-state index contributed by atoms with van der Waals surface area (Å²) in [5.41, 5.74) is 0. The second-order valence-corrected chi connectivity index (χ2v) is 2.87. The Morgan fingerprint density at radius 3 is 2.45 bits per heavy atom. The molecule has 2 saturated heterocycles. The molecule has 0 aromatic rings. The fourth-order valence-electron chi connectivity index (χ4n) is 0.946. The zero-order valence-corrected chi connectivity index (χ0v) is 6.08. The van der Waals surface area contributed by atoms with E-state index in [-0.39, 0.29) is 11.0 Å². The molecule has 0 bridgehead atoms. The van der Waals surface area contributed by atoms with Crippen LogP contribution in [0.2, 0.25) is 0 Å². The van der Waals surface area contributed by atoms with E-state index in [1.807, 2.05) is 6.92 Å². The lowest BCUT2D eigenvalue weighted by Gasteiger charge is -2.33. The van der Waals surface area contributed by atoms with Gasteiger partial charge in [0.1, 0.15) is 12.2 Å². The van der Waals surface area contributed by atoms with E-state index in [0.717, 1.165) is 19.8 Å². The van der Waals surface area contributed by atoms with Gasteiger partial charge in [0.15, 0.2) is 0 Å². The molecule has 2 heterocycles. The molecule has 66 valence electrons. The van der Waals surface area contributed by atoms with Crippen LogP contribution in [-0.4, -0.2) is 49.1 Å². The summed E-state index contributed by atoms with van der Waals surface area (Å²) in [6, 6.07) is 0. The Bertz CT molecular complexity index is 127. The van der Waals surface area contributed by atoms with Crippen LogP contribution in [0.1, 0.15) is 6.92 Å². The average molecular weight is 176 g/mol. The van der Waals surface area contributed by atoms with Gasteiger partial charge in [0, 0.05) is 0 Å². The Hall–Kier alpha value is 0.0969. The average Bonchev–Trinajstić information content (AvgIpc) is 2.69. The van der Waals surface area contributed by atoms with Crippen molar-refractivity contribution in [2.24, 2.45) is 0 Å². The van der Waals surface area contributed by atoms with Crippen LogP contribution in [0.25, 0.3) is 0 Å². The van der Waals surface area contributed by atoms with E-state index in [9.17, 15) is 0 Å². The number of rotatable bonds is 3. The molecule has 4 heteroatoms. The molecule has 2 fully saturated rings. The van der Waals surface area contributed by atoms with E-state index in [4.69, 9.17) is 14.2 Å². The zero-order chi connectivity index (χ0) is 6.97. The maximum atomic E-state index is 5.46. The van der Waals surface area contributed by atoms with E-state index in [2.05, 4.69) is 0 Å². The van der Waals surface area contributed by atoms with Crippen LogP contribution in [0.3, 0.4) is 0 Å². The third-order valence-electron chi connectivity index (χ3n) is 1.95. The normalized spacial score (nSPS) is 40.6. The van der Waals surface area contributed by atoms with Gasteiger partial charge in [-0.1, -0.05) is 0 Å². The molecule has 0 aromatic heterocycles. The molecule has 3 unspecified atom stereocenters. The molecule has 0 N–H and O–H groups in total. The molecule has 11 heavy (non-hydrogen) atoms. The molecular weight excluding hydrogens is 160 g/mol.